The zero-order valence-corrected chi connectivity index (χ0v) is 11.9. The second-order valence-corrected chi connectivity index (χ2v) is 5.56. The maximum atomic E-state index is 11.8. The minimum atomic E-state index is -0.246. The third-order valence-corrected chi connectivity index (χ3v) is 3.94. The molecule has 0 saturated carbocycles. The third-order valence-electron chi connectivity index (χ3n) is 2.60. The summed E-state index contributed by atoms with van der Waals surface area (Å²) >= 11 is 2.76. The number of nitrogen functional groups attached to an aromatic ring is 1. The number of carbonyl (C=O) groups is 1. The van der Waals surface area contributed by atoms with Crippen molar-refractivity contribution in [2.24, 2.45) is 0 Å². The van der Waals surface area contributed by atoms with Gasteiger partial charge >= 0.3 is 0 Å². The average Bonchev–Trinajstić information content (AvgIpc) is 3.10. The van der Waals surface area contributed by atoms with Crippen LogP contribution in [0.3, 0.4) is 0 Å². The van der Waals surface area contributed by atoms with Crippen LogP contribution in [0, 0.1) is 0 Å². The fourth-order valence-electron chi connectivity index (χ4n) is 1.60. The summed E-state index contributed by atoms with van der Waals surface area (Å²) in [5.41, 5.74) is 10.2. The monoisotopic (exact) mass is 302 g/mol. The van der Waals surface area contributed by atoms with Crippen molar-refractivity contribution in [3.8, 4) is 11.3 Å². The molecule has 2 aromatic heterocycles. The van der Waals surface area contributed by atoms with Gasteiger partial charge in [-0.15, -0.1) is 22.7 Å². The standard InChI is InChI=1S/C13H10N4OS2/c14-9-3-1-8(2-4-9)10-6-20-13(16-10)17-12(18)11-5-19-7-15-11/h1-7H,14H2,(H,16,17,18). The number of benzene rings is 1. The minimum absolute atomic E-state index is 0.246. The number of hydrogen-bond donors (Lipinski definition) is 2. The molecule has 3 rings (SSSR count). The van der Waals surface area contributed by atoms with Crippen LogP contribution in [0.2, 0.25) is 0 Å². The molecule has 100 valence electrons. The Kier molecular flexibility index (Phi) is 3.44. The van der Waals surface area contributed by atoms with Gasteiger partial charge in [-0.25, -0.2) is 9.97 Å². The molecule has 7 heteroatoms. The number of carbonyl (C=O) groups excluding carboxylic acids is 1. The molecular weight excluding hydrogens is 292 g/mol. The topological polar surface area (TPSA) is 80.9 Å². The number of nitrogens with one attached hydrogen (secondary N) is 1. The first-order valence-corrected chi connectivity index (χ1v) is 7.55. The van der Waals surface area contributed by atoms with Crippen LogP contribution >= 0.6 is 22.7 Å². The Labute approximate surface area is 123 Å². The molecule has 0 unspecified atom stereocenters. The van der Waals surface area contributed by atoms with Gasteiger partial charge in [0.25, 0.3) is 5.91 Å². The van der Waals surface area contributed by atoms with E-state index in [1.165, 1.54) is 22.7 Å². The van der Waals surface area contributed by atoms with Gasteiger partial charge in [0, 0.05) is 22.0 Å². The molecule has 2 heterocycles. The highest BCUT2D eigenvalue weighted by Crippen LogP contribution is 2.25. The molecule has 0 aliphatic heterocycles. The Morgan fingerprint density at radius 2 is 2.00 bits per heavy atom. The number of rotatable bonds is 3. The van der Waals surface area contributed by atoms with Crippen molar-refractivity contribution in [3.05, 3.63) is 46.2 Å². The summed E-state index contributed by atoms with van der Waals surface area (Å²) in [5, 5.41) is 6.87. The number of anilines is 2. The van der Waals surface area contributed by atoms with Crippen molar-refractivity contribution in [3.63, 3.8) is 0 Å². The predicted molar refractivity (Wildman–Crippen MR) is 82.0 cm³/mol. The number of aromatic nitrogens is 2. The number of hydrogen-bond acceptors (Lipinski definition) is 6. The minimum Gasteiger partial charge on any atom is -0.399 e. The molecule has 0 spiro atoms. The summed E-state index contributed by atoms with van der Waals surface area (Å²) < 4.78 is 0. The van der Waals surface area contributed by atoms with Crippen molar-refractivity contribution < 1.29 is 4.79 Å². The Morgan fingerprint density at radius 1 is 1.20 bits per heavy atom. The molecule has 20 heavy (non-hydrogen) atoms. The highest BCUT2D eigenvalue weighted by atomic mass is 32.1. The fourth-order valence-corrected chi connectivity index (χ4v) is 2.85. The first-order chi connectivity index (χ1) is 9.72. The molecule has 5 nitrogen and oxygen atoms in total. The summed E-state index contributed by atoms with van der Waals surface area (Å²) in [6.07, 6.45) is 0. The molecule has 0 aliphatic carbocycles. The van der Waals surface area contributed by atoms with Crippen molar-refractivity contribution in [2.75, 3.05) is 11.1 Å². The van der Waals surface area contributed by atoms with Crippen LogP contribution in [0.25, 0.3) is 11.3 Å². The first kappa shape index (κ1) is 12.8. The second-order valence-electron chi connectivity index (χ2n) is 3.99. The maximum Gasteiger partial charge on any atom is 0.276 e. The SMILES string of the molecule is Nc1ccc(-c2csc(NC(=O)c3cscn3)n2)cc1. The van der Waals surface area contributed by atoms with E-state index in [0.717, 1.165) is 11.3 Å². The Balaban J connectivity index is 1.77. The molecule has 0 saturated heterocycles. The molecule has 0 bridgehead atoms. The molecule has 1 amide bonds. The number of nitrogens with zero attached hydrogens (tertiary/aromatic N) is 2. The van der Waals surface area contributed by atoms with E-state index in [1.54, 1.807) is 10.9 Å². The lowest BCUT2D eigenvalue weighted by Gasteiger charge is -1.98. The zero-order chi connectivity index (χ0) is 13.9. The molecule has 0 radical (unpaired) electrons. The maximum absolute atomic E-state index is 11.8. The molecule has 1 aromatic carbocycles. The zero-order valence-electron chi connectivity index (χ0n) is 10.2. The third kappa shape index (κ3) is 2.68. The lowest BCUT2D eigenvalue weighted by Crippen LogP contribution is -2.11. The first-order valence-electron chi connectivity index (χ1n) is 5.73. The summed E-state index contributed by atoms with van der Waals surface area (Å²) in [6, 6.07) is 7.44. The average molecular weight is 302 g/mol. The number of amides is 1. The summed E-state index contributed by atoms with van der Waals surface area (Å²) in [4.78, 5) is 20.2. The van der Waals surface area contributed by atoms with Gasteiger partial charge in [0.15, 0.2) is 5.13 Å². The summed E-state index contributed by atoms with van der Waals surface area (Å²) in [6.45, 7) is 0. The predicted octanol–water partition coefficient (Wildman–Crippen LogP) is 3.10. The molecule has 3 N–H and O–H groups in total. The van der Waals surface area contributed by atoms with Crippen molar-refractivity contribution in [1.29, 1.82) is 0 Å². The van der Waals surface area contributed by atoms with Crippen molar-refractivity contribution in [1.82, 2.24) is 9.97 Å². The summed E-state index contributed by atoms with van der Waals surface area (Å²) in [5.74, 6) is -0.246. The highest BCUT2D eigenvalue weighted by Gasteiger charge is 2.11. The Bertz CT molecular complexity index is 719. The number of thiazole rings is 2. The van der Waals surface area contributed by atoms with Gasteiger partial charge in [-0.3, -0.25) is 10.1 Å². The van der Waals surface area contributed by atoms with Crippen LogP contribution in [0.4, 0.5) is 10.8 Å². The highest BCUT2D eigenvalue weighted by molar-refractivity contribution is 7.14. The van der Waals surface area contributed by atoms with E-state index in [9.17, 15) is 4.79 Å². The van der Waals surface area contributed by atoms with Gasteiger partial charge in [-0.1, -0.05) is 12.1 Å². The van der Waals surface area contributed by atoms with E-state index in [2.05, 4.69) is 15.3 Å². The second kappa shape index (κ2) is 5.40. The van der Waals surface area contributed by atoms with Gasteiger partial charge in [0.1, 0.15) is 5.69 Å². The fraction of sp³-hybridized carbons (Fsp3) is 0. The van der Waals surface area contributed by atoms with Gasteiger partial charge < -0.3 is 5.73 Å². The molecular formula is C13H10N4OS2. The smallest absolute Gasteiger partial charge is 0.276 e. The van der Waals surface area contributed by atoms with Gasteiger partial charge in [0.2, 0.25) is 0 Å². The van der Waals surface area contributed by atoms with Gasteiger partial charge in [-0.05, 0) is 12.1 Å². The molecule has 3 aromatic rings. The van der Waals surface area contributed by atoms with E-state index in [-0.39, 0.29) is 5.91 Å². The quantitative estimate of drug-likeness (QED) is 0.728. The lowest BCUT2D eigenvalue weighted by atomic mass is 10.1. The lowest BCUT2D eigenvalue weighted by molar-refractivity contribution is 0.102. The van der Waals surface area contributed by atoms with Crippen molar-refractivity contribution in [2.45, 2.75) is 0 Å². The van der Waals surface area contributed by atoms with Gasteiger partial charge in [0.05, 0.1) is 11.2 Å². The summed E-state index contributed by atoms with van der Waals surface area (Å²) in [7, 11) is 0. The normalized spacial score (nSPS) is 10.4. The Hall–Kier alpha value is -2.25. The van der Waals surface area contributed by atoms with E-state index in [4.69, 9.17) is 5.73 Å². The van der Waals surface area contributed by atoms with E-state index in [0.29, 0.717) is 16.5 Å². The molecule has 0 fully saturated rings. The van der Waals surface area contributed by atoms with Crippen LogP contribution in [0.5, 0.6) is 0 Å². The Morgan fingerprint density at radius 3 is 2.70 bits per heavy atom. The molecule has 0 aliphatic rings. The van der Waals surface area contributed by atoms with Gasteiger partial charge in [-0.2, -0.15) is 0 Å². The largest absolute Gasteiger partial charge is 0.399 e. The van der Waals surface area contributed by atoms with E-state index in [1.807, 2.05) is 29.6 Å². The van der Waals surface area contributed by atoms with E-state index < -0.39 is 0 Å². The van der Waals surface area contributed by atoms with Crippen molar-refractivity contribution >= 4 is 39.4 Å². The van der Waals surface area contributed by atoms with E-state index >= 15 is 0 Å². The van der Waals surface area contributed by atoms with Crippen LogP contribution < -0.4 is 11.1 Å². The van der Waals surface area contributed by atoms with Crippen LogP contribution in [-0.4, -0.2) is 15.9 Å². The number of nitrogens with two attached hydrogens (primary N) is 1. The van der Waals surface area contributed by atoms with Crippen LogP contribution in [0.1, 0.15) is 10.5 Å². The van der Waals surface area contributed by atoms with Crippen LogP contribution in [0.15, 0.2) is 40.5 Å². The van der Waals surface area contributed by atoms with Crippen LogP contribution in [-0.2, 0) is 0 Å². The molecule has 0 atom stereocenters.